The predicted octanol–water partition coefficient (Wildman–Crippen LogP) is 2.57. The summed E-state index contributed by atoms with van der Waals surface area (Å²) in [5.41, 5.74) is 2.77. The number of pyridine rings is 2. The molecule has 1 aliphatic rings. The van der Waals surface area contributed by atoms with Crippen LogP contribution in [0.2, 0.25) is 0 Å². The second-order valence-corrected chi connectivity index (χ2v) is 6.07. The third-order valence-corrected chi connectivity index (χ3v) is 4.33. The van der Waals surface area contributed by atoms with Crippen molar-refractivity contribution in [3.8, 4) is 11.4 Å². The second kappa shape index (κ2) is 6.84. The van der Waals surface area contributed by atoms with Crippen molar-refractivity contribution in [2.45, 2.75) is 6.92 Å². The lowest BCUT2D eigenvalue weighted by atomic mass is 10.2. The van der Waals surface area contributed by atoms with E-state index in [2.05, 4.69) is 36.9 Å². The molecule has 3 aromatic rings. The molecule has 0 N–H and O–H groups in total. The lowest BCUT2D eigenvalue weighted by Gasteiger charge is -2.35. The van der Waals surface area contributed by atoms with Crippen molar-refractivity contribution in [3.05, 3.63) is 60.6 Å². The summed E-state index contributed by atoms with van der Waals surface area (Å²) in [7, 11) is 0. The van der Waals surface area contributed by atoms with Crippen molar-refractivity contribution in [2.75, 3.05) is 36.0 Å². The highest BCUT2D eigenvalue weighted by Gasteiger charge is 2.20. The van der Waals surface area contributed by atoms with Crippen LogP contribution in [-0.2, 0) is 0 Å². The van der Waals surface area contributed by atoms with E-state index < -0.39 is 0 Å². The fraction of sp³-hybridized carbons (Fsp3) is 0.263. The van der Waals surface area contributed by atoms with Gasteiger partial charge >= 0.3 is 0 Å². The summed E-state index contributed by atoms with van der Waals surface area (Å²) in [4.78, 5) is 22.7. The van der Waals surface area contributed by atoms with Crippen LogP contribution in [0.3, 0.4) is 0 Å². The van der Waals surface area contributed by atoms with Gasteiger partial charge in [-0.1, -0.05) is 12.1 Å². The van der Waals surface area contributed by atoms with Crippen LogP contribution in [0.4, 0.5) is 11.8 Å². The van der Waals surface area contributed by atoms with Crippen molar-refractivity contribution in [3.63, 3.8) is 0 Å². The Bertz CT molecular complexity index is 843. The molecule has 25 heavy (non-hydrogen) atoms. The van der Waals surface area contributed by atoms with Crippen LogP contribution in [0, 0.1) is 6.92 Å². The number of rotatable bonds is 3. The van der Waals surface area contributed by atoms with Gasteiger partial charge in [-0.05, 0) is 37.3 Å². The molecule has 1 fully saturated rings. The van der Waals surface area contributed by atoms with Gasteiger partial charge in [-0.25, -0.2) is 15.0 Å². The number of piperazine rings is 1. The molecule has 0 amide bonds. The van der Waals surface area contributed by atoms with Gasteiger partial charge in [0, 0.05) is 44.3 Å². The predicted molar refractivity (Wildman–Crippen MR) is 98.7 cm³/mol. The molecule has 4 heterocycles. The first-order chi connectivity index (χ1) is 12.3. The molecule has 6 heteroatoms. The number of anilines is 2. The van der Waals surface area contributed by atoms with E-state index in [1.807, 2.05) is 37.3 Å². The average Bonchev–Trinajstić information content (AvgIpc) is 2.69. The van der Waals surface area contributed by atoms with Gasteiger partial charge in [0.05, 0.1) is 11.4 Å². The van der Waals surface area contributed by atoms with Crippen molar-refractivity contribution in [1.29, 1.82) is 0 Å². The topological polar surface area (TPSA) is 58.0 Å². The fourth-order valence-corrected chi connectivity index (χ4v) is 3.00. The van der Waals surface area contributed by atoms with E-state index in [9.17, 15) is 0 Å². The van der Waals surface area contributed by atoms with Crippen molar-refractivity contribution < 1.29 is 0 Å². The average molecular weight is 332 g/mol. The summed E-state index contributed by atoms with van der Waals surface area (Å²) >= 11 is 0. The van der Waals surface area contributed by atoms with Crippen molar-refractivity contribution >= 4 is 11.8 Å². The minimum Gasteiger partial charge on any atom is -0.353 e. The van der Waals surface area contributed by atoms with E-state index >= 15 is 0 Å². The molecule has 0 aliphatic carbocycles. The Balaban J connectivity index is 1.48. The lowest BCUT2D eigenvalue weighted by Crippen LogP contribution is -2.47. The van der Waals surface area contributed by atoms with E-state index in [1.165, 1.54) is 0 Å². The highest BCUT2D eigenvalue weighted by atomic mass is 15.3. The fourth-order valence-electron chi connectivity index (χ4n) is 3.00. The largest absolute Gasteiger partial charge is 0.353 e. The number of nitrogens with zero attached hydrogens (tertiary/aromatic N) is 6. The van der Waals surface area contributed by atoms with Gasteiger partial charge < -0.3 is 9.80 Å². The van der Waals surface area contributed by atoms with Crippen LogP contribution in [-0.4, -0.2) is 46.1 Å². The molecular weight excluding hydrogens is 312 g/mol. The summed E-state index contributed by atoms with van der Waals surface area (Å²) in [6, 6.07) is 13.9. The monoisotopic (exact) mass is 332 g/mol. The Morgan fingerprint density at radius 1 is 0.720 bits per heavy atom. The van der Waals surface area contributed by atoms with Crippen molar-refractivity contribution in [1.82, 2.24) is 19.9 Å². The normalized spacial score (nSPS) is 14.6. The standard InChI is InChI=1S/C19H20N6/c1-15-5-4-7-18(22-15)24-11-13-25(14-12-24)19-21-10-8-17(23-19)16-6-2-3-9-20-16/h2-10H,11-14H2,1H3. The Morgan fingerprint density at radius 3 is 2.32 bits per heavy atom. The van der Waals surface area contributed by atoms with Gasteiger partial charge in [0.15, 0.2) is 0 Å². The van der Waals surface area contributed by atoms with Crippen LogP contribution in [0.1, 0.15) is 5.69 Å². The minimum absolute atomic E-state index is 0.764. The Kier molecular flexibility index (Phi) is 4.24. The van der Waals surface area contributed by atoms with E-state index in [0.29, 0.717) is 0 Å². The summed E-state index contributed by atoms with van der Waals surface area (Å²) < 4.78 is 0. The molecular formula is C19H20N6. The lowest BCUT2D eigenvalue weighted by molar-refractivity contribution is 0.634. The van der Waals surface area contributed by atoms with Gasteiger partial charge in [0.1, 0.15) is 5.82 Å². The van der Waals surface area contributed by atoms with Crippen LogP contribution < -0.4 is 9.80 Å². The molecule has 0 spiro atoms. The summed E-state index contributed by atoms with van der Waals surface area (Å²) in [5.74, 6) is 1.81. The van der Waals surface area contributed by atoms with Crippen molar-refractivity contribution in [2.24, 2.45) is 0 Å². The maximum absolute atomic E-state index is 4.70. The first kappa shape index (κ1) is 15.5. The first-order valence-electron chi connectivity index (χ1n) is 8.47. The third-order valence-electron chi connectivity index (χ3n) is 4.33. The summed E-state index contributed by atoms with van der Waals surface area (Å²) in [5, 5.41) is 0. The van der Waals surface area contributed by atoms with E-state index in [1.54, 1.807) is 12.4 Å². The first-order valence-corrected chi connectivity index (χ1v) is 8.47. The number of hydrogen-bond donors (Lipinski definition) is 0. The molecule has 3 aromatic heterocycles. The molecule has 0 radical (unpaired) electrons. The molecule has 0 unspecified atom stereocenters. The smallest absolute Gasteiger partial charge is 0.226 e. The Morgan fingerprint density at radius 2 is 1.56 bits per heavy atom. The second-order valence-electron chi connectivity index (χ2n) is 6.07. The van der Waals surface area contributed by atoms with E-state index in [0.717, 1.165) is 55.0 Å². The van der Waals surface area contributed by atoms with E-state index in [-0.39, 0.29) is 0 Å². The molecule has 0 saturated carbocycles. The third kappa shape index (κ3) is 3.42. The zero-order chi connectivity index (χ0) is 17.1. The molecule has 6 nitrogen and oxygen atoms in total. The molecule has 1 saturated heterocycles. The SMILES string of the molecule is Cc1cccc(N2CCN(c3nccc(-c4ccccn4)n3)CC2)n1. The molecule has 1 aliphatic heterocycles. The van der Waals surface area contributed by atoms with Crippen LogP contribution in [0.5, 0.6) is 0 Å². The van der Waals surface area contributed by atoms with Gasteiger partial charge in [0.2, 0.25) is 5.95 Å². The minimum atomic E-state index is 0.764. The Hall–Kier alpha value is -3.02. The zero-order valence-electron chi connectivity index (χ0n) is 14.2. The summed E-state index contributed by atoms with van der Waals surface area (Å²) in [6.45, 7) is 5.60. The maximum atomic E-state index is 4.70. The molecule has 126 valence electrons. The number of hydrogen-bond acceptors (Lipinski definition) is 6. The highest BCUT2D eigenvalue weighted by molar-refractivity contribution is 5.55. The highest BCUT2D eigenvalue weighted by Crippen LogP contribution is 2.19. The number of aromatic nitrogens is 4. The Labute approximate surface area is 147 Å². The summed E-state index contributed by atoms with van der Waals surface area (Å²) in [6.07, 6.45) is 3.59. The number of aryl methyl sites for hydroxylation is 1. The molecule has 4 rings (SSSR count). The van der Waals surface area contributed by atoms with E-state index in [4.69, 9.17) is 4.98 Å². The van der Waals surface area contributed by atoms with Gasteiger partial charge in [-0.2, -0.15) is 0 Å². The zero-order valence-corrected chi connectivity index (χ0v) is 14.2. The molecule has 0 bridgehead atoms. The van der Waals surface area contributed by atoms with Gasteiger partial charge in [0.25, 0.3) is 0 Å². The van der Waals surface area contributed by atoms with Crippen LogP contribution in [0.15, 0.2) is 54.9 Å². The van der Waals surface area contributed by atoms with Crippen LogP contribution >= 0.6 is 0 Å². The van der Waals surface area contributed by atoms with Crippen LogP contribution in [0.25, 0.3) is 11.4 Å². The maximum Gasteiger partial charge on any atom is 0.226 e. The van der Waals surface area contributed by atoms with Gasteiger partial charge in [-0.15, -0.1) is 0 Å². The quantitative estimate of drug-likeness (QED) is 0.735. The molecule has 0 aromatic carbocycles. The van der Waals surface area contributed by atoms with Gasteiger partial charge in [-0.3, -0.25) is 4.98 Å². The molecule has 0 atom stereocenters.